The summed E-state index contributed by atoms with van der Waals surface area (Å²) in [5.74, 6) is 4.68. The largest absolute Gasteiger partial charge is 0.304 e. The summed E-state index contributed by atoms with van der Waals surface area (Å²) < 4.78 is 29.9. The van der Waals surface area contributed by atoms with Gasteiger partial charge in [0.15, 0.2) is 0 Å². The summed E-state index contributed by atoms with van der Waals surface area (Å²) in [6.07, 6.45) is 3.05. The van der Waals surface area contributed by atoms with Crippen LogP contribution in [0, 0.1) is 0 Å². The summed E-state index contributed by atoms with van der Waals surface area (Å²) in [6, 6.07) is 6.70. The monoisotopic (exact) mass is 468 g/mol. The van der Waals surface area contributed by atoms with Gasteiger partial charge >= 0.3 is 10.2 Å². The topological polar surface area (TPSA) is 111 Å². The smallest absolute Gasteiger partial charge is 0.301 e. The highest BCUT2D eigenvalue weighted by atomic mass is 35.5. The fraction of sp³-hybridized carbons (Fsp3) is 0.400. The van der Waals surface area contributed by atoms with Gasteiger partial charge in [0.25, 0.3) is 5.91 Å². The Bertz CT molecular complexity index is 979. The van der Waals surface area contributed by atoms with Crippen molar-refractivity contribution in [3.63, 3.8) is 0 Å². The Labute approximate surface area is 189 Å². The van der Waals surface area contributed by atoms with Crippen molar-refractivity contribution in [2.75, 3.05) is 37.5 Å². The molecule has 1 amide bonds. The molecule has 2 rings (SSSR count). The first-order chi connectivity index (χ1) is 14.6. The van der Waals surface area contributed by atoms with Crippen molar-refractivity contribution in [3.8, 4) is 0 Å². The summed E-state index contributed by atoms with van der Waals surface area (Å²) in [5, 5.41) is 0.414. The maximum absolute atomic E-state index is 13.6. The number of hydrogen-bond acceptors (Lipinski definition) is 6. The van der Waals surface area contributed by atoms with Gasteiger partial charge in [0.2, 0.25) is 0 Å². The van der Waals surface area contributed by atoms with E-state index in [1.54, 1.807) is 31.2 Å². The van der Waals surface area contributed by atoms with Gasteiger partial charge in [-0.3, -0.25) is 19.5 Å². The molecule has 0 radical (unpaired) electrons. The van der Waals surface area contributed by atoms with Gasteiger partial charge in [-0.15, -0.1) is 0 Å². The third-order valence-corrected chi connectivity index (χ3v) is 7.26. The highest BCUT2D eigenvalue weighted by Gasteiger charge is 2.34. The number of nitrogens with zero attached hydrogens (tertiary/aromatic N) is 4. The first kappa shape index (κ1) is 25.0. The van der Waals surface area contributed by atoms with E-state index in [4.69, 9.17) is 17.4 Å². The van der Waals surface area contributed by atoms with Crippen molar-refractivity contribution in [1.82, 2.24) is 14.6 Å². The number of anilines is 1. The lowest BCUT2D eigenvalue weighted by atomic mass is 10.2. The predicted molar refractivity (Wildman–Crippen MR) is 125 cm³/mol. The van der Waals surface area contributed by atoms with E-state index in [0.717, 1.165) is 0 Å². The zero-order chi connectivity index (χ0) is 23.2. The van der Waals surface area contributed by atoms with Gasteiger partial charge < -0.3 is 4.90 Å². The number of allylic oxidation sites excluding steroid dienone is 2. The second kappa shape index (κ2) is 10.9. The second-order valence-electron chi connectivity index (χ2n) is 7.32. The molecule has 9 nitrogen and oxygen atoms in total. The zero-order valence-corrected chi connectivity index (χ0v) is 19.5. The third kappa shape index (κ3) is 6.37. The maximum atomic E-state index is 13.6. The fourth-order valence-electron chi connectivity index (χ4n) is 3.01. The van der Waals surface area contributed by atoms with Crippen LogP contribution in [0.3, 0.4) is 0 Å². The summed E-state index contributed by atoms with van der Waals surface area (Å²) in [7, 11) is -1.91. The lowest BCUT2D eigenvalue weighted by Gasteiger charge is -2.39. The minimum absolute atomic E-state index is 0.0811. The number of piperazine rings is 1. The van der Waals surface area contributed by atoms with Gasteiger partial charge in [-0.25, -0.2) is 5.84 Å². The number of halogens is 1. The number of aliphatic imine (C=N–C) groups is 1. The van der Waals surface area contributed by atoms with Crippen molar-refractivity contribution >= 4 is 40.1 Å². The van der Waals surface area contributed by atoms with E-state index in [-0.39, 0.29) is 12.6 Å². The van der Waals surface area contributed by atoms with Crippen LogP contribution in [-0.2, 0) is 15.0 Å². The molecule has 1 saturated heterocycles. The molecule has 0 saturated carbocycles. The first-order valence-corrected chi connectivity index (χ1v) is 11.5. The van der Waals surface area contributed by atoms with Crippen LogP contribution in [0.25, 0.3) is 0 Å². The van der Waals surface area contributed by atoms with E-state index >= 15 is 0 Å². The number of nitrogens with one attached hydrogen (secondary N) is 1. The molecule has 1 aliphatic heterocycles. The molecule has 170 valence electrons. The summed E-state index contributed by atoms with van der Waals surface area (Å²) in [6.45, 7) is 8.39. The minimum atomic E-state index is -3.88. The van der Waals surface area contributed by atoms with E-state index in [9.17, 15) is 13.2 Å². The Kier molecular flexibility index (Phi) is 8.78. The molecule has 1 heterocycles. The molecule has 0 unspecified atom stereocenters. The summed E-state index contributed by atoms with van der Waals surface area (Å²) >= 11 is 6.13. The normalized spacial score (nSPS) is 19.2. The average molecular weight is 469 g/mol. The Morgan fingerprint density at radius 2 is 2.13 bits per heavy atom. The van der Waals surface area contributed by atoms with Crippen molar-refractivity contribution in [1.29, 1.82) is 0 Å². The number of likely N-dealkylation sites (N-methyl/N-ethyl adjacent to an activating group) is 1. The van der Waals surface area contributed by atoms with Crippen LogP contribution in [0.1, 0.15) is 13.8 Å². The lowest BCUT2D eigenvalue weighted by Crippen LogP contribution is -2.55. The Hall–Kier alpha value is -2.24. The van der Waals surface area contributed by atoms with Gasteiger partial charge in [0.05, 0.1) is 17.9 Å². The SMILES string of the molecule is C=N/C(=C\C=C(/C)C(=O)NN)CN(c1cccc(Cl)c1)S(=O)(=O)N1CCN(C)[C@H](C)C1. The van der Waals surface area contributed by atoms with Gasteiger partial charge in [0.1, 0.15) is 0 Å². The van der Waals surface area contributed by atoms with Crippen LogP contribution >= 0.6 is 11.6 Å². The Morgan fingerprint density at radius 3 is 2.71 bits per heavy atom. The first-order valence-electron chi connectivity index (χ1n) is 9.69. The van der Waals surface area contributed by atoms with E-state index in [1.165, 1.54) is 20.8 Å². The van der Waals surface area contributed by atoms with Gasteiger partial charge in [-0.1, -0.05) is 23.7 Å². The minimum Gasteiger partial charge on any atom is -0.301 e. The molecule has 1 aromatic carbocycles. The molecule has 0 spiro atoms. The van der Waals surface area contributed by atoms with Gasteiger partial charge in [-0.2, -0.15) is 12.7 Å². The number of carbonyl (C=O) groups excluding carboxylic acids is 1. The molecule has 1 aromatic rings. The van der Waals surface area contributed by atoms with Crippen LogP contribution in [0.4, 0.5) is 5.69 Å². The Morgan fingerprint density at radius 1 is 1.42 bits per heavy atom. The third-order valence-electron chi connectivity index (χ3n) is 5.15. The average Bonchev–Trinajstić information content (AvgIpc) is 2.74. The maximum Gasteiger partial charge on any atom is 0.304 e. The van der Waals surface area contributed by atoms with Crippen molar-refractivity contribution in [3.05, 3.63) is 52.7 Å². The van der Waals surface area contributed by atoms with Crippen LogP contribution < -0.4 is 15.6 Å². The zero-order valence-electron chi connectivity index (χ0n) is 18.0. The fourth-order valence-corrected chi connectivity index (χ4v) is 4.87. The summed E-state index contributed by atoms with van der Waals surface area (Å²) in [5.41, 5.74) is 3.15. The quantitative estimate of drug-likeness (QED) is 0.150. The van der Waals surface area contributed by atoms with Gasteiger partial charge in [-0.05, 0) is 51.9 Å². The molecule has 3 N–H and O–H groups in total. The van der Waals surface area contributed by atoms with E-state index in [2.05, 4.69) is 16.6 Å². The molecule has 1 atom stereocenters. The molecule has 0 aliphatic carbocycles. The number of hydrazine groups is 1. The molecule has 0 bridgehead atoms. The molecule has 11 heteroatoms. The number of carbonyl (C=O) groups is 1. The van der Waals surface area contributed by atoms with Crippen molar-refractivity contribution < 1.29 is 13.2 Å². The van der Waals surface area contributed by atoms with Crippen LogP contribution in [0.5, 0.6) is 0 Å². The molecule has 0 aromatic heterocycles. The van der Waals surface area contributed by atoms with Crippen LogP contribution in [0.15, 0.2) is 52.7 Å². The number of amides is 1. The van der Waals surface area contributed by atoms with Crippen LogP contribution in [-0.4, -0.2) is 69.5 Å². The number of rotatable bonds is 8. The Balaban J connectivity index is 2.44. The lowest BCUT2D eigenvalue weighted by molar-refractivity contribution is -0.117. The van der Waals surface area contributed by atoms with Crippen molar-refractivity contribution in [2.24, 2.45) is 10.8 Å². The number of benzene rings is 1. The van der Waals surface area contributed by atoms with Crippen molar-refractivity contribution in [2.45, 2.75) is 19.9 Å². The number of nitrogens with two attached hydrogens (primary N) is 1. The highest BCUT2D eigenvalue weighted by Crippen LogP contribution is 2.26. The molecule has 1 fully saturated rings. The highest BCUT2D eigenvalue weighted by molar-refractivity contribution is 7.90. The molecule has 1 aliphatic rings. The summed E-state index contributed by atoms with van der Waals surface area (Å²) in [4.78, 5) is 17.7. The second-order valence-corrected chi connectivity index (χ2v) is 9.61. The number of hydrogen-bond donors (Lipinski definition) is 2. The predicted octanol–water partition coefficient (Wildman–Crippen LogP) is 1.55. The molecule has 31 heavy (non-hydrogen) atoms. The van der Waals surface area contributed by atoms with E-state index in [0.29, 0.717) is 41.6 Å². The molecular formula is C20H29ClN6O3S. The standard InChI is InChI=1S/C20H29ClN6O3S/c1-15(20(28)24-22)8-9-18(23-3)14-27(19-7-5-6-17(21)12-19)31(29,30)26-11-10-25(4)16(2)13-26/h5-9,12,16H,3,10-11,13-14,22H2,1-2,4H3,(H,24,28)/b15-8+,18-9-/t16-/m1/s1. The van der Waals surface area contributed by atoms with Crippen LogP contribution in [0.2, 0.25) is 5.02 Å². The van der Waals surface area contributed by atoms with Gasteiger partial charge in [0, 0.05) is 36.3 Å². The molecular weight excluding hydrogens is 440 g/mol. The van der Waals surface area contributed by atoms with E-state index in [1.807, 2.05) is 19.4 Å². The van der Waals surface area contributed by atoms with E-state index < -0.39 is 16.1 Å².